The Bertz CT molecular complexity index is 682. The van der Waals surface area contributed by atoms with Gasteiger partial charge in [0.2, 0.25) is 6.23 Å². The monoisotopic (exact) mass is 391 g/mol. The fourth-order valence-electron chi connectivity index (χ4n) is 2.22. The number of aliphatic hydroxyl groups is 1. The van der Waals surface area contributed by atoms with Crippen molar-refractivity contribution in [3.63, 3.8) is 0 Å². The van der Waals surface area contributed by atoms with Crippen LogP contribution in [-0.4, -0.2) is 59.2 Å². The van der Waals surface area contributed by atoms with Gasteiger partial charge in [-0.2, -0.15) is 4.98 Å². The molecule has 11 heteroatoms. The number of nitrogens with one attached hydrogen (secondary N) is 1. The second-order valence-electron chi connectivity index (χ2n) is 5.66. The van der Waals surface area contributed by atoms with Gasteiger partial charge < -0.3 is 24.7 Å². The van der Waals surface area contributed by atoms with Crippen LogP contribution in [0.4, 0.5) is 14.6 Å². The van der Waals surface area contributed by atoms with E-state index in [-0.39, 0.29) is 11.8 Å². The molecule has 9 nitrogen and oxygen atoms in total. The number of alkyl halides is 2. The largest absolute Gasteiger partial charge is 0.466 e. The van der Waals surface area contributed by atoms with Gasteiger partial charge in [0, 0.05) is 33.0 Å². The molecule has 2 unspecified atom stereocenters. The molecule has 1 aromatic heterocycles. The van der Waals surface area contributed by atoms with Crippen molar-refractivity contribution in [3.8, 4) is 0 Å². The van der Waals surface area contributed by atoms with E-state index in [1.54, 1.807) is 7.05 Å². The van der Waals surface area contributed by atoms with Crippen LogP contribution in [0.2, 0.25) is 0 Å². The van der Waals surface area contributed by atoms with Crippen LogP contribution in [0.1, 0.15) is 32.4 Å². The molecule has 27 heavy (non-hydrogen) atoms. The molecule has 0 aromatic carbocycles. The minimum Gasteiger partial charge on any atom is -0.466 e. The summed E-state index contributed by atoms with van der Waals surface area (Å²) in [5.74, 6) is -3.21. The van der Waals surface area contributed by atoms with Gasteiger partial charge in [0.05, 0.1) is 19.3 Å². The Morgan fingerprint density at radius 1 is 1.59 bits per heavy atom. The Hall–Kier alpha value is -2.40. The molecule has 0 aliphatic carbocycles. The van der Waals surface area contributed by atoms with Crippen LogP contribution >= 0.6 is 0 Å². The molecule has 1 aromatic rings. The number of aliphatic hydroxyl groups excluding tert-OH is 1. The summed E-state index contributed by atoms with van der Waals surface area (Å²) in [7, 11) is 1.56. The molecule has 1 aliphatic rings. The number of halogens is 2. The van der Waals surface area contributed by atoms with Gasteiger partial charge in [0.1, 0.15) is 12.1 Å². The Morgan fingerprint density at radius 2 is 2.30 bits per heavy atom. The number of rotatable bonds is 7. The van der Waals surface area contributed by atoms with Crippen molar-refractivity contribution in [3.05, 3.63) is 22.7 Å². The maximum absolute atomic E-state index is 13.7. The van der Waals surface area contributed by atoms with Crippen molar-refractivity contribution in [1.82, 2.24) is 9.55 Å². The summed E-state index contributed by atoms with van der Waals surface area (Å²) < 4.78 is 37.6. The zero-order chi connectivity index (χ0) is 20.4. The highest BCUT2D eigenvalue weighted by atomic mass is 19.3. The maximum Gasteiger partial charge on any atom is 0.351 e. The first-order chi connectivity index (χ1) is 12.7. The molecule has 152 valence electrons. The third-order valence-corrected chi connectivity index (χ3v) is 3.50. The first-order valence-electron chi connectivity index (χ1n) is 8.23. The second kappa shape index (κ2) is 10.7. The van der Waals surface area contributed by atoms with Gasteiger partial charge in [0.15, 0.2) is 0 Å². The predicted molar refractivity (Wildman–Crippen MR) is 90.5 cm³/mol. The number of hydrogen-bond acceptors (Lipinski definition) is 8. The topological polar surface area (TPSA) is 120 Å². The van der Waals surface area contributed by atoms with Crippen molar-refractivity contribution in [2.45, 2.75) is 44.4 Å². The summed E-state index contributed by atoms with van der Waals surface area (Å²) >= 11 is 0. The van der Waals surface area contributed by atoms with Crippen molar-refractivity contribution < 1.29 is 33.0 Å². The SMILES string of the molecule is CC(=O)OCCCC=O.CNc1ccn(C2OC(CO)CC2(F)F)c(=O)n1. The van der Waals surface area contributed by atoms with E-state index in [0.29, 0.717) is 19.4 Å². The third-order valence-electron chi connectivity index (χ3n) is 3.50. The molecule has 1 aliphatic heterocycles. The van der Waals surface area contributed by atoms with Gasteiger partial charge in [-0.05, 0) is 12.5 Å². The number of esters is 1. The van der Waals surface area contributed by atoms with E-state index in [1.807, 2.05) is 0 Å². The minimum absolute atomic E-state index is 0.288. The van der Waals surface area contributed by atoms with Gasteiger partial charge >= 0.3 is 11.7 Å². The van der Waals surface area contributed by atoms with Gasteiger partial charge in [-0.15, -0.1) is 0 Å². The normalized spacial score (nSPS) is 20.3. The van der Waals surface area contributed by atoms with E-state index in [4.69, 9.17) is 9.84 Å². The first-order valence-corrected chi connectivity index (χ1v) is 8.23. The summed E-state index contributed by atoms with van der Waals surface area (Å²) in [5, 5.41) is 11.5. The number of carbonyl (C=O) groups is 2. The lowest BCUT2D eigenvalue weighted by molar-refractivity contribution is -0.141. The number of anilines is 1. The molecule has 1 saturated heterocycles. The van der Waals surface area contributed by atoms with Crippen LogP contribution in [-0.2, 0) is 19.1 Å². The third kappa shape index (κ3) is 7.02. The molecule has 0 bridgehead atoms. The molecule has 0 radical (unpaired) electrons. The van der Waals surface area contributed by atoms with Crippen LogP contribution < -0.4 is 11.0 Å². The molecule has 2 atom stereocenters. The van der Waals surface area contributed by atoms with E-state index < -0.39 is 37.0 Å². The van der Waals surface area contributed by atoms with Crippen molar-refractivity contribution in [2.24, 2.45) is 0 Å². The highest BCUT2D eigenvalue weighted by molar-refractivity contribution is 5.65. The molecule has 2 rings (SSSR count). The number of nitrogens with zero attached hydrogens (tertiary/aromatic N) is 2. The molecular weight excluding hydrogens is 368 g/mol. The van der Waals surface area contributed by atoms with E-state index in [2.05, 4.69) is 15.0 Å². The average molecular weight is 391 g/mol. The van der Waals surface area contributed by atoms with Crippen LogP contribution in [0.25, 0.3) is 0 Å². The number of aromatic nitrogens is 2. The van der Waals surface area contributed by atoms with Crippen LogP contribution in [0.5, 0.6) is 0 Å². The summed E-state index contributed by atoms with van der Waals surface area (Å²) in [6, 6.07) is 1.40. The fourth-order valence-corrected chi connectivity index (χ4v) is 2.22. The molecule has 2 heterocycles. The smallest absolute Gasteiger partial charge is 0.351 e. The Kier molecular flexibility index (Phi) is 8.95. The molecule has 0 saturated carbocycles. The zero-order valence-corrected chi connectivity index (χ0v) is 15.1. The van der Waals surface area contributed by atoms with Gasteiger partial charge in [0.25, 0.3) is 5.92 Å². The van der Waals surface area contributed by atoms with Crippen molar-refractivity contribution in [1.29, 1.82) is 0 Å². The quantitative estimate of drug-likeness (QED) is 0.397. The van der Waals surface area contributed by atoms with Crippen LogP contribution in [0.3, 0.4) is 0 Å². The maximum atomic E-state index is 13.7. The predicted octanol–water partition coefficient (Wildman–Crippen LogP) is 0.729. The second-order valence-corrected chi connectivity index (χ2v) is 5.66. The minimum atomic E-state index is -3.21. The van der Waals surface area contributed by atoms with E-state index in [0.717, 1.165) is 10.9 Å². The van der Waals surface area contributed by atoms with E-state index in [1.165, 1.54) is 19.2 Å². The van der Waals surface area contributed by atoms with Gasteiger partial charge in [-0.3, -0.25) is 9.36 Å². The lowest BCUT2D eigenvalue weighted by Crippen LogP contribution is -2.35. The number of aldehydes is 1. The lowest BCUT2D eigenvalue weighted by Gasteiger charge is -2.19. The molecule has 1 fully saturated rings. The first kappa shape index (κ1) is 22.6. The molecule has 0 spiro atoms. The highest BCUT2D eigenvalue weighted by Crippen LogP contribution is 2.41. The van der Waals surface area contributed by atoms with Gasteiger partial charge in [-0.25, -0.2) is 13.6 Å². The summed E-state index contributed by atoms with van der Waals surface area (Å²) in [6.07, 6.45) is -0.213. The van der Waals surface area contributed by atoms with E-state index in [9.17, 15) is 23.2 Å². The number of ether oxygens (including phenoxy) is 2. The highest BCUT2D eigenvalue weighted by Gasteiger charge is 2.51. The Balaban J connectivity index is 0.000000345. The summed E-state index contributed by atoms with van der Waals surface area (Å²) in [4.78, 5) is 35.0. The summed E-state index contributed by atoms with van der Waals surface area (Å²) in [5.41, 5.74) is -0.829. The molecule has 2 N–H and O–H groups in total. The molecular formula is C16H23F2N3O6. The average Bonchev–Trinajstić information content (AvgIpc) is 2.93. The number of carbonyl (C=O) groups excluding carboxylic acids is 2. The van der Waals surface area contributed by atoms with Crippen molar-refractivity contribution in [2.75, 3.05) is 25.6 Å². The Morgan fingerprint density at radius 3 is 2.78 bits per heavy atom. The molecule has 0 amide bonds. The number of unbranched alkanes of at least 4 members (excludes halogenated alkanes) is 1. The van der Waals surface area contributed by atoms with Crippen LogP contribution in [0, 0.1) is 0 Å². The van der Waals surface area contributed by atoms with Crippen LogP contribution in [0.15, 0.2) is 17.1 Å². The van der Waals surface area contributed by atoms with Crippen molar-refractivity contribution >= 4 is 18.1 Å². The summed E-state index contributed by atoms with van der Waals surface area (Å²) in [6.45, 7) is 1.19. The standard InChI is InChI=1S/C10H13F2N3O3.C6H10O3/c1-13-7-2-3-15(9(17)14-7)8-10(11,12)4-6(5-16)18-8;1-6(8)9-5-3-2-4-7/h2-3,6,8,16H,4-5H2,1H3,(H,13,14,17);4H,2-3,5H2,1H3. The van der Waals surface area contributed by atoms with E-state index >= 15 is 0 Å². The lowest BCUT2D eigenvalue weighted by atomic mass is 10.2. The Labute approximate surface area is 154 Å². The fraction of sp³-hybridized carbons (Fsp3) is 0.625. The number of hydrogen-bond donors (Lipinski definition) is 2. The zero-order valence-electron chi connectivity index (χ0n) is 15.1. The van der Waals surface area contributed by atoms with Gasteiger partial charge in [-0.1, -0.05) is 0 Å².